The Morgan fingerprint density at radius 3 is 2.11 bits per heavy atom. The summed E-state index contributed by atoms with van der Waals surface area (Å²) in [6, 6.07) is 1.96. The van der Waals surface area contributed by atoms with E-state index in [4.69, 9.17) is 0 Å². The highest BCUT2D eigenvalue weighted by atomic mass is 19.4. The summed E-state index contributed by atoms with van der Waals surface area (Å²) in [6.45, 7) is 0. The van der Waals surface area contributed by atoms with Crippen molar-refractivity contribution in [1.29, 1.82) is 0 Å². The predicted molar refractivity (Wildman–Crippen MR) is 61.6 cm³/mol. The van der Waals surface area contributed by atoms with Gasteiger partial charge >= 0.3 is 6.18 Å². The van der Waals surface area contributed by atoms with Gasteiger partial charge in [0.15, 0.2) is 0 Å². The minimum Gasteiger partial charge on any atom is -0.362 e. The molecule has 100 valence electrons. The smallest absolute Gasteiger partial charge is 0.362 e. The van der Waals surface area contributed by atoms with Gasteiger partial charge in [0.1, 0.15) is 11.5 Å². The maximum absolute atomic E-state index is 12.5. The fourth-order valence-corrected chi connectivity index (χ4v) is 1.36. The zero-order chi connectivity index (χ0) is 14.1. The zero-order valence-corrected chi connectivity index (χ0v) is 10.5. The molecular weight excluding hydrogens is 247 g/mol. The van der Waals surface area contributed by atoms with Gasteiger partial charge in [0.25, 0.3) is 5.91 Å². The number of carbonyl (C=O) groups is 1. The first-order valence-electron chi connectivity index (χ1n) is 5.12. The molecule has 0 saturated carbocycles. The van der Waals surface area contributed by atoms with Gasteiger partial charge in [-0.15, -0.1) is 0 Å². The van der Waals surface area contributed by atoms with Gasteiger partial charge in [0, 0.05) is 28.2 Å². The Bertz CT molecular complexity index is 455. The lowest BCUT2D eigenvalue weighted by Crippen LogP contribution is -2.26. The summed E-state index contributed by atoms with van der Waals surface area (Å²) in [6.07, 6.45) is -4.52. The summed E-state index contributed by atoms with van der Waals surface area (Å²) in [4.78, 5) is 18.0. The lowest BCUT2D eigenvalue weighted by Gasteiger charge is -2.19. The Balaban J connectivity index is 3.34. The molecule has 1 aromatic rings. The normalized spacial score (nSPS) is 11.3. The van der Waals surface area contributed by atoms with Crippen LogP contribution < -0.4 is 4.90 Å². The molecule has 18 heavy (non-hydrogen) atoms. The van der Waals surface area contributed by atoms with Crippen LogP contribution in [0.4, 0.5) is 19.0 Å². The summed E-state index contributed by atoms with van der Waals surface area (Å²) in [5.41, 5.74) is -0.875. The molecule has 0 atom stereocenters. The van der Waals surface area contributed by atoms with Crippen LogP contribution in [0.15, 0.2) is 12.1 Å². The molecule has 0 aliphatic rings. The van der Waals surface area contributed by atoms with Gasteiger partial charge in [0.2, 0.25) is 0 Å². The Morgan fingerprint density at radius 1 is 1.17 bits per heavy atom. The van der Waals surface area contributed by atoms with Gasteiger partial charge < -0.3 is 9.80 Å². The summed E-state index contributed by atoms with van der Waals surface area (Å²) >= 11 is 0. The number of nitrogens with zero attached hydrogens (tertiary/aromatic N) is 3. The molecular formula is C11H14F3N3O. The number of aromatic nitrogens is 1. The largest absolute Gasteiger partial charge is 0.433 e. The second-order valence-corrected chi connectivity index (χ2v) is 4.16. The third-order valence-electron chi connectivity index (χ3n) is 2.23. The van der Waals surface area contributed by atoms with Gasteiger partial charge in [0.05, 0.1) is 5.56 Å². The third-order valence-corrected chi connectivity index (χ3v) is 2.23. The van der Waals surface area contributed by atoms with E-state index >= 15 is 0 Å². The van der Waals surface area contributed by atoms with Crippen molar-refractivity contribution in [2.75, 3.05) is 33.1 Å². The van der Waals surface area contributed by atoms with E-state index in [0.717, 1.165) is 12.1 Å². The van der Waals surface area contributed by atoms with Crippen molar-refractivity contribution >= 4 is 11.7 Å². The molecule has 1 aromatic heterocycles. The molecule has 1 amide bonds. The molecule has 0 spiro atoms. The molecule has 0 saturated heterocycles. The van der Waals surface area contributed by atoms with Crippen molar-refractivity contribution in [3.8, 4) is 0 Å². The minimum atomic E-state index is -4.52. The second-order valence-electron chi connectivity index (χ2n) is 4.16. The van der Waals surface area contributed by atoms with Crippen LogP contribution in [0, 0.1) is 0 Å². The number of rotatable bonds is 2. The van der Waals surface area contributed by atoms with Crippen molar-refractivity contribution in [3.05, 3.63) is 23.4 Å². The summed E-state index contributed by atoms with van der Waals surface area (Å²) < 4.78 is 37.6. The molecule has 0 unspecified atom stereocenters. The Labute approximate surface area is 103 Å². The van der Waals surface area contributed by atoms with E-state index in [2.05, 4.69) is 4.98 Å². The molecule has 0 N–H and O–H groups in total. The fraction of sp³-hybridized carbons (Fsp3) is 0.455. The van der Waals surface area contributed by atoms with E-state index in [9.17, 15) is 18.0 Å². The topological polar surface area (TPSA) is 36.4 Å². The van der Waals surface area contributed by atoms with Crippen LogP contribution in [0.2, 0.25) is 0 Å². The van der Waals surface area contributed by atoms with Crippen LogP contribution in [0.3, 0.4) is 0 Å². The molecule has 7 heteroatoms. The number of anilines is 1. The van der Waals surface area contributed by atoms with Crippen LogP contribution in [-0.4, -0.2) is 44.0 Å². The standard InChI is InChI=1S/C11H14F3N3O/c1-16(2)9-7(10(18)17(3)4)5-6-8(15-9)11(12,13)14/h5-6H,1-4H3. The van der Waals surface area contributed by atoms with Crippen LogP contribution >= 0.6 is 0 Å². The van der Waals surface area contributed by atoms with Crippen molar-refractivity contribution in [2.24, 2.45) is 0 Å². The average molecular weight is 261 g/mol. The number of carbonyl (C=O) groups excluding carboxylic acids is 1. The highest BCUT2D eigenvalue weighted by Crippen LogP contribution is 2.30. The van der Waals surface area contributed by atoms with E-state index in [-0.39, 0.29) is 17.3 Å². The maximum atomic E-state index is 12.5. The molecule has 0 aromatic carbocycles. The minimum absolute atomic E-state index is 0.00326. The van der Waals surface area contributed by atoms with Crippen LogP contribution in [0.1, 0.15) is 16.1 Å². The number of alkyl halides is 3. The second kappa shape index (κ2) is 4.83. The van der Waals surface area contributed by atoms with Gasteiger partial charge in [-0.05, 0) is 12.1 Å². The fourth-order valence-electron chi connectivity index (χ4n) is 1.36. The highest BCUT2D eigenvalue weighted by Gasteiger charge is 2.33. The number of pyridine rings is 1. The van der Waals surface area contributed by atoms with E-state index in [1.807, 2.05) is 0 Å². The number of hydrogen-bond acceptors (Lipinski definition) is 3. The van der Waals surface area contributed by atoms with Crippen molar-refractivity contribution < 1.29 is 18.0 Å². The number of amides is 1. The van der Waals surface area contributed by atoms with E-state index in [1.165, 1.54) is 38.0 Å². The first-order valence-corrected chi connectivity index (χ1v) is 5.12. The first-order chi connectivity index (χ1) is 8.14. The highest BCUT2D eigenvalue weighted by molar-refractivity contribution is 5.98. The summed E-state index contributed by atoms with van der Waals surface area (Å²) in [5.74, 6) is -0.386. The summed E-state index contributed by atoms with van der Waals surface area (Å²) in [7, 11) is 6.13. The van der Waals surface area contributed by atoms with Crippen molar-refractivity contribution in [2.45, 2.75) is 6.18 Å². The van der Waals surface area contributed by atoms with Crippen LogP contribution in [0.5, 0.6) is 0 Å². The molecule has 0 aliphatic heterocycles. The lowest BCUT2D eigenvalue weighted by atomic mass is 10.2. The van der Waals surface area contributed by atoms with Crippen LogP contribution in [0.25, 0.3) is 0 Å². The van der Waals surface area contributed by atoms with Gasteiger partial charge in [-0.3, -0.25) is 4.79 Å². The molecule has 0 radical (unpaired) electrons. The Morgan fingerprint density at radius 2 is 1.72 bits per heavy atom. The van der Waals surface area contributed by atoms with Crippen molar-refractivity contribution in [1.82, 2.24) is 9.88 Å². The lowest BCUT2D eigenvalue weighted by molar-refractivity contribution is -0.141. The predicted octanol–water partition coefficient (Wildman–Crippen LogP) is 1.87. The van der Waals surface area contributed by atoms with Crippen LogP contribution in [-0.2, 0) is 6.18 Å². The quantitative estimate of drug-likeness (QED) is 0.815. The summed E-state index contributed by atoms with van der Waals surface area (Å²) in [5, 5.41) is 0. The SMILES string of the molecule is CN(C)C(=O)c1ccc(C(F)(F)F)nc1N(C)C. The molecule has 0 fully saturated rings. The van der Waals surface area contributed by atoms with Gasteiger partial charge in [-0.25, -0.2) is 4.98 Å². The monoisotopic (exact) mass is 261 g/mol. The average Bonchev–Trinajstić information content (AvgIpc) is 2.25. The Kier molecular flexibility index (Phi) is 3.83. The van der Waals surface area contributed by atoms with Crippen molar-refractivity contribution in [3.63, 3.8) is 0 Å². The molecule has 0 bridgehead atoms. The van der Waals surface area contributed by atoms with E-state index in [1.54, 1.807) is 0 Å². The molecule has 4 nitrogen and oxygen atoms in total. The van der Waals surface area contributed by atoms with E-state index in [0.29, 0.717) is 0 Å². The number of hydrogen-bond donors (Lipinski definition) is 0. The molecule has 0 aliphatic carbocycles. The third kappa shape index (κ3) is 2.91. The van der Waals surface area contributed by atoms with Gasteiger partial charge in [-0.1, -0.05) is 0 Å². The first kappa shape index (κ1) is 14.3. The Hall–Kier alpha value is -1.79. The van der Waals surface area contributed by atoms with E-state index < -0.39 is 11.9 Å². The molecule has 1 rings (SSSR count). The molecule has 1 heterocycles. The maximum Gasteiger partial charge on any atom is 0.433 e. The zero-order valence-electron chi connectivity index (χ0n) is 10.5. The van der Waals surface area contributed by atoms with Gasteiger partial charge in [-0.2, -0.15) is 13.2 Å². The number of halogens is 3.